The molecule has 0 aromatic rings. The van der Waals surface area contributed by atoms with E-state index in [2.05, 4.69) is 25.1 Å². The van der Waals surface area contributed by atoms with Crippen molar-refractivity contribution in [3.63, 3.8) is 0 Å². The van der Waals surface area contributed by atoms with Crippen molar-refractivity contribution in [1.82, 2.24) is 5.32 Å². The van der Waals surface area contributed by atoms with E-state index in [0.29, 0.717) is 12.1 Å². The van der Waals surface area contributed by atoms with Gasteiger partial charge in [0, 0.05) is 19.6 Å². The molecule has 82 valence electrons. The summed E-state index contributed by atoms with van der Waals surface area (Å²) in [6, 6.07) is 0.550. The molecule has 0 aromatic heterocycles. The number of nitrogens with one attached hydrogen (secondary N) is 1. The molecule has 2 heteroatoms. The third-order valence-corrected chi connectivity index (χ3v) is 2.45. The summed E-state index contributed by atoms with van der Waals surface area (Å²) in [5.74, 6) is 2.69. The van der Waals surface area contributed by atoms with Gasteiger partial charge in [0.05, 0.1) is 6.10 Å². The van der Waals surface area contributed by atoms with Gasteiger partial charge in [-0.1, -0.05) is 6.92 Å². The Balaban J connectivity index is 3.67. The third-order valence-electron chi connectivity index (χ3n) is 2.45. The van der Waals surface area contributed by atoms with E-state index in [-0.39, 0.29) is 0 Å². The van der Waals surface area contributed by atoms with Gasteiger partial charge in [0.2, 0.25) is 0 Å². The zero-order valence-electron chi connectivity index (χ0n) is 9.68. The summed E-state index contributed by atoms with van der Waals surface area (Å²) >= 11 is 0. The average molecular weight is 197 g/mol. The number of rotatable bonds is 8. The minimum atomic E-state index is 0.349. The van der Waals surface area contributed by atoms with Crippen molar-refractivity contribution in [1.29, 1.82) is 0 Å². The summed E-state index contributed by atoms with van der Waals surface area (Å²) in [6.45, 7) is 5.24. The first kappa shape index (κ1) is 13.5. The highest BCUT2D eigenvalue weighted by Crippen LogP contribution is 2.08. The highest BCUT2D eigenvalue weighted by molar-refractivity contribution is 4.85. The van der Waals surface area contributed by atoms with Gasteiger partial charge in [-0.3, -0.25) is 0 Å². The predicted octanol–water partition coefficient (Wildman–Crippen LogP) is 2.19. The van der Waals surface area contributed by atoms with Crippen LogP contribution in [-0.2, 0) is 4.74 Å². The van der Waals surface area contributed by atoms with Crippen LogP contribution in [-0.4, -0.2) is 25.8 Å². The van der Waals surface area contributed by atoms with Gasteiger partial charge >= 0.3 is 0 Å². The number of hydrogen-bond donors (Lipinski definition) is 1. The summed E-state index contributed by atoms with van der Waals surface area (Å²) in [4.78, 5) is 0. The van der Waals surface area contributed by atoms with Crippen molar-refractivity contribution >= 4 is 0 Å². The van der Waals surface area contributed by atoms with Crippen molar-refractivity contribution < 1.29 is 4.74 Å². The second kappa shape index (κ2) is 9.05. The highest BCUT2D eigenvalue weighted by Gasteiger charge is 2.08. The molecule has 0 aliphatic carbocycles. The number of methoxy groups -OCH3 is 1. The molecule has 0 aromatic carbocycles. The number of terminal acetylenes is 1. The number of hydrogen-bond acceptors (Lipinski definition) is 2. The Hall–Kier alpha value is -0.520. The molecule has 0 radical (unpaired) electrons. The summed E-state index contributed by atoms with van der Waals surface area (Å²) in [6.07, 6.45) is 9.77. The van der Waals surface area contributed by atoms with Crippen molar-refractivity contribution in [3.8, 4) is 12.3 Å². The Morgan fingerprint density at radius 2 is 2.07 bits per heavy atom. The second-order valence-electron chi connectivity index (χ2n) is 3.62. The van der Waals surface area contributed by atoms with Gasteiger partial charge < -0.3 is 10.1 Å². The van der Waals surface area contributed by atoms with Gasteiger partial charge in [-0.25, -0.2) is 0 Å². The van der Waals surface area contributed by atoms with Crippen LogP contribution in [0, 0.1) is 12.3 Å². The van der Waals surface area contributed by atoms with Crippen LogP contribution in [0.5, 0.6) is 0 Å². The zero-order chi connectivity index (χ0) is 10.8. The van der Waals surface area contributed by atoms with Crippen LogP contribution >= 0.6 is 0 Å². The van der Waals surface area contributed by atoms with Crippen molar-refractivity contribution in [2.75, 3.05) is 13.7 Å². The van der Waals surface area contributed by atoms with Crippen LogP contribution < -0.4 is 5.32 Å². The topological polar surface area (TPSA) is 21.3 Å². The molecular weight excluding hydrogens is 174 g/mol. The van der Waals surface area contributed by atoms with Crippen molar-refractivity contribution in [3.05, 3.63) is 0 Å². The van der Waals surface area contributed by atoms with Gasteiger partial charge in [0.15, 0.2) is 0 Å². The molecule has 2 nitrogen and oxygen atoms in total. The predicted molar refractivity (Wildman–Crippen MR) is 61.2 cm³/mol. The molecule has 0 aliphatic rings. The van der Waals surface area contributed by atoms with E-state index in [1.54, 1.807) is 7.11 Å². The van der Waals surface area contributed by atoms with E-state index < -0.39 is 0 Å². The Morgan fingerprint density at radius 1 is 1.36 bits per heavy atom. The van der Waals surface area contributed by atoms with E-state index in [1.807, 2.05) is 0 Å². The Kier molecular flexibility index (Phi) is 8.72. The second-order valence-corrected chi connectivity index (χ2v) is 3.62. The lowest BCUT2D eigenvalue weighted by Crippen LogP contribution is -2.29. The van der Waals surface area contributed by atoms with Crippen molar-refractivity contribution in [2.24, 2.45) is 0 Å². The molecule has 0 rings (SSSR count). The lowest BCUT2D eigenvalue weighted by molar-refractivity contribution is 0.106. The standard InChI is InChI=1S/C12H23NO/c1-5-7-8-12(13-6-2)10-9-11(3)14-4/h1,11-13H,6-10H2,2-4H3. The molecule has 0 amide bonds. The maximum Gasteiger partial charge on any atom is 0.0543 e. The number of ether oxygens (including phenoxy) is 1. The van der Waals surface area contributed by atoms with Gasteiger partial charge in [0.1, 0.15) is 0 Å². The molecular formula is C12H23NO. The zero-order valence-corrected chi connectivity index (χ0v) is 9.68. The minimum absolute atomic E-state index is 0.349. The highest BCUT2D eigenvalue weighted by atomic mass is 16.5. The monoisotopic (exact) mass is 197 g/mol. The Bertz CT molecular complexity index is 162. The Labute approximate surface area is 88.4 Å². The molecule has 0 spiro atoms. The lowest BCUT2D eigenvalue weighted by atomic mass is 10.0. The summed E-state index contributed by atoms with van der Waals surface area (Å²) < 4.78 is 5.22. The van der Waals surface area contributed by atoms with E-state index >= 15 is 0 Å². The van der Waals surface area contributed by atoms with Crippen LogP contribution in [0.3, 0.4) is 0 Å². The fraction of sp³-hybridized carbons (Fsp3) is 0.833. The Morgan fingerprint density at radius 3 is 2.57 bits per heavy atom. The van der Waals surface area contributed by atoms with Gasteiger partial charge in [-0.05, 0) is 32.7 Å². The quantitative estimate of drug-likeness (QED) is 0.602. The van der Waals surface area contributed by atoms with Crippen molar-refractivity contribution in [2.45, 2.75) is 51.7 Å². The smallest absolute Gasteiger partial charge is 0.0543 e. The third kappa shape index (κ3) is 6.94. The molecule has 0 heterocycles. The van der Waals surface area contributed by atoms with E-state index in [9.17, 15) is 0 Å². The minimum Gasteiger partial charge on any atom is -0.382 e. The molecule has 0 fully saturated rings. The summed E-state index contributed by atoms with van der Waals surface area (Å²) in [5.41, 5.74) is 0. The fourth-order valence-corrected chi connectivity index (χ4v) is 1.45. The fourth-order valence-electron chi connectivity index (χ4n) is 1.45. The SMILES string of the molecule is C#CCCC(CCC(C)OC)NCC. The summed E-state index contributed by atoms with van der Waals surface area (Å²) in [5, 5.41) is 3.45. The summed E-state index contributed by atoms with van der Waals surface area (Å²) in [7, 11) is 1.76. The lowest BCUT2D eigenvalue weighted by Gasteiger charge is -2.18. The largest absolute Gasteiger partial charge is 0.382 e. The van der Waals surface area contributed by atoms with E-state index in [4.69, 9.17) is 11.2 Å². The van der Waals surface area contributed by atoms with Crippen LogP contribution in [0.4, 0.5) is 0 Å². The first-order valence-electron chi connectivity index (χ1n) is 5.44. The average Bonchev–Trinajstić information content (AvgIpc) is 2.21. The van der Waals surface area contributed by atoms with Crippen LogP contribution in [0.1, 0.15) is 39.5 Å². The molecule has 14 heavy (non-hydrogen) atoms. The maximum absolute atomic E-state index is 5.25. The first-order chi connectivity index (χ1) is 6.74. The van der Waals surface area contributed by atoms with E-state index in [1.165, 1.54) is 0 Å². The van der Waals surface area contributed by atoms with Crippen LogP contribution in [0.15, 0.2) is 0 Å². The molecule has 2 atom stereocenters. The van der Waals surface area contributed by atoms with E-state index in [0.717, 1.165) is 32.2 Å². The molecule has 0 aliphatic heterocycles. The van der Waals surface area contributed by atoms with Gasteiger partial charge in [0.25, 0.3) is 0 Å². The van der Waals surface area contributed by atoms with Gasteiger partial charge in [-0.15, -0.1) is 12.3 Å². The molecule has 2 unspecified atom stereocenters. The molecule has 0 saturated heterocycles. The normalized spacial score (nSPS) is 14.7. The van der Waals surface area contributed by atoms with Crippen LogP contribution in [0.2, 0.25) is 0 Å². The molecule has 0 saturated carbocycles. The first-order valence-corrected chi connectivity index (χ1v) is 5.44. The molecule has 0 bridgehead atoms. The maximum atomic E-state index is 5.25. The van der Waals surface area contributed by atoms with Gasteiger partial charge in [-0.2, -0.15) is 0 Å². The molecule has 1 N–H and O–H groups in total. The van der Waals surface area contributed by atoms with Crippen LogP contribution in [0.25, 0.3) is 0 Å².